The standard InChI is InChI=1S/C20H28N4O7.C3H8O/c1-20(2,3)31-19(27)23-9-5-4-8-22-17-15(24(28)29)12-14(18(21)26)13-16(17)30-11-7-6-10-25;1-3-4-2/h4-5,10,12-13,22H,6-9,11H2,1-3H3,(H2,21,26)(H,23,27);3H2,1-2H3/b5-4+;. The fourth-order valence-electron chi connectivity index (χ4n) is 2.31. The van der Waals surface area contributed by atoms with Gasteiger partial charge in [-0.3, -0.25) is 14.9 Å². The molecule has 1 aromatic rings. The number of anilines is 1. The largest absolute Gasteiger partial charge is 0.491 e. The summed E-state index contributed by atoms with van der Waals surface area (Å²) in [6.07, 6.45) is 4.15. The van der Waals surface area contributed by atoms with Gasteiger partial charge in [0.05, 0.1) is 11.5 Å². The number of amides is 2. The maximum absolute atomic E-state index is 11.6. The minimum atomic E-state index is -0.833. The third kappa shape index (κ3) is 14.3. The average molecular weight is 497 g/mol. The van der Waals surface area contributed by atoms with Crippen molar-refractivity contribution in [2.45, 2.75) is 46.1 Å². The number of nitro groups is 1. The van der Waals surface area contributed by atoms with E-state index in [2.05, 4.69) is 15.4 Å². The summed E-state index contributed by atoms with van der Waals surface area (Å²) in [5.74, 6) is -0.755. The van der Waals surface area contributed by atoms with Crippen LogP contribution in [0, 0.1) is 10.1 Å². The van der Waals surface area contributed by atoms with Crippen molar-refractivity contribution in [3.8, 4) is 5.75 Å². The lowest BCUT2D eigenvalue weighted by Gasteiger charge is -2.19. The summed E-state index contributed by atoms with van der Waals surface area (Å²) >= 11 is 0. The molecule has 196 valence electrons. The number of nitrogens with one attached hydrogen (secondary N) is 2. The molecule has 0 heterocycles. The Kier molecular flexibility index (Phi) is 15.1. The first-order valence-corrected chi connectivity index (χ1v) is 11.0. The number of nitrogens with two attached hydrogens (primary N) is 1. The first kappa shape index (κ1) is 31.3. The van der Waals surface area contributed by atoms with Crippen molar-refractivity contribution >= 4 is 29.7 Å². The summed E-state index contributed by atoms with van der Waals surface area (Å²) in [5, 5.41) is 16.9. The van der Waals surface area contributed by atoms with Crippen molar-refractivity contribution in [3.05, 3.63) is 40.0 Å². The summed E-state index contributed by atoms with van der Waals surface area (Å²) in [6.45, 7) is 8.54. The fourth-order valence-corrected chi connectivity index (χ4v) is 2.31. The summed E-state index contributed by atoms with van der Waals surface area (Å²) in [6, 6.07) is 2.38. The predicted octanol–water partition coefficient (Wildman–Crippen LogP) is 3.20. The van der Waals surface area contributed by atoms with Crippen molar-refractivity contribution in [2.24, 2.45) is 5.73 Å². The number of methoxy groups -OCH3 is 1. The molecule has 35 heavy (non-hydrogen) atoms. The minimum Gasteiger partial charge on any atom is -0.491 e. The van der Waals surface area contributed by atoms with Crippen LogP contribution in [0.15, 0.2) is 24.3 Å². The van der Waals surface area contributed by atoms with Crippen LogP contribution in [-0.4, -0.2) is 62.2 Å². The van der Waals surface area contributed by atoms with Crippen LogP contribution in [0.1, 0.15) is 50.9 Å². The number of unbranched alkanes of at least 4 members (excludes halogenated alkanes) is 1. The molecule has 0 fully saturated rings. The van der Waals surface area contributed by atoms with E-state index < -0.39 is 22.5 Å². The van der Waals surface area contributed by atoms with Crippen LogP contribution in [0.2, 0.25) is 0 Å². The van der Waals surface area contributed by atoms with E-state index in [0.717, 1.165) is 19.0 Å². The van der Waals surface area contributed by atoms with Gasteiger partial charge in [0.2, 0.25) is 5.91 Å². The monoisotopic (exact) mass is 496 g/mol. The molecule has 0 aliphatic rings. The highest BCUT2D eigenvalue weighted by Crippen LogP contribution is 2.36. The number of rotatable bonds is 13. The van der Waals surface area contributed by atoms with Crippen LogP contribution in [0.3, 0.4) is 0 Å². The smallest absolute Gasteiger partial charge is 0.407 e. The summed E-state index contributed by atoms with van der Waals surface area (Å²) in [5.41, 5.74) is 4.28. The lowest BCUT2D eigenvalue weighted by molar-refractivity contribution is -0.384. The molecule has 0 atom stereocenters. The van der Waals surface area contributed by atoms with Crippen LogP contribution in [0.25, 0.3) is 0 Å². The normalized spacial score (nSPS) is 10.7. The van der Waals surface area contributed by atoms with E-state index in [1.165, 1.54) is 6.07 Å². The van der Waals surface area contributed by atoms with E-state index in [4.69, 9.17) is 15.2 Å². The SMILES string of the molecule is CC(C)(C)OC(=O)NC/C=C/CNc1c(OCCCC=O)cc(C(N)=O)cc1[N+](=O)[O-].CCOC. The van der Waals surface area contributed by atoms with Gasteiger partial charge in [-0.1, -0.05) is 12.2 Å². The van der Waals surface area contributed by atoms with Crippen molar-refractivity contribution < 1.29 is 33.5 Å². The first-order chi connectivity index (χ1) is 16.5. The molecule has 4 N–H and O–H groups in total. The zero-order chi connectivity index (χ0) is 26.9. The molecule has 0 bridgehead atoms. The molecule has 0 aromatic heterocycles. The molecule has 0 saturated heterocycles. The van der Waals surface area contributed by atoms with E-state index in [1.54, 1.807) is 40.0 Å². The first-order valence-electron chi connectivity index (χ1n) is 11.0. The van der Waals surface area contributed by atoms with E-state index >= 15 is 0 Å². The number of carbonyl (C=O) groups is 3. The Morgan fingerprint density at radius 2 is 1.83 bits per heavy atom. The third-order valence-corrected chi connectivity index (χ3v) is 3.90. The quantitative estimate of drug-likeness (QED) is 0.122. The summed E-state index contributed by atoms with van der Waals surface area (Å²) in [7, 11) is 1.68. The second-order valence-corrected chi connectivity index (χ2v) is 7.96. The number of nitro benzene ring substituents is 1. The molecule has 2 amide bonds. The maximum atomic E-state index is 11.6. The van der Waals surface area contributed by atoms with Gasteiger partial charge >= 0.3 is 6.09 Å². The van der Waals surface area contributed by atoms with Gasteiger partial charge in [0.1, 0.15) is 17.6 Å². The van der Waals surface area contributed by atoms with Crippen molar-refractivity contribution in [3.63, 3.8) is 0 Å². The van der Waals surface area contributed by atoms with Crippen LogP contribution in [-0.2, 0) is 14.3 Å². The van der Waals surface area contributed by atoms with Crippen molar-refractivity contribution in [1.29, 1.82) is 0 Å². The van der Waals surface area contributed by atoms with Crippen molar-refractivity contribution in [2.75, 3.05) is 38.7 Å². The zero-order valence-electron chi connectivity index (χ0n) is 20.9. The molecular weight excluding hydrogens is 460 g/mol. The molecule has 0 aliphatic carbocycles. The average Bonchev–Trinajstić information content (AvgIpc) is 2.77. The lowest BCUT2D eigenvalue weighted by atomic mass is 10.1. The molecule has 0 radical (unpaired) electrons. The molecule has 0 spiro atoms. The van der Waals surface area contributed by atoms with Gasteiger partial charge in [-0.2, -0.15) is 0 Å². The number of hydrogen-bond donors (Lipinski definition) is 3. The number of nitrogens with zero attached hydrogens (tertiary/aromatic N) is 1. The second-order valence-electron chi connectivity index (χ2n) is 7.96. The number of hydrogen-bond acceptors (Lipinski definition) is 9. The molecule has 0 unspecified atom stereocenters. The van der Waals surface area contributed by atoms with Crippen molar-refractivity contribution in [1.82, 2.24) is 5.32 Å². The minimum absolute atomic E-state index is 0.0697. The highest BCUT2D eigenvalue weighted by atomic mass is 16.6. The highest BCUT2D eigenvalue weighted by Gasteiger charge is 2.22. The Bertz CT molecular complexity index is 864. The van der Waals surface area contributed by atoms with Gasteiger partial charge in [0.15, 0.2) is 5.69 Å². The maximum Gasteiger partial charge on any atom is 0.407 e. The number of aldehydes is 1. The lowest BCUT2D eigenvalue weighted by Crippen LogP contribution is -2.32. The summed E-state index contributed by atoms with van der Waals surface area (Å²) < 4.78 is 15.2. The topological polar surface area (TPSA) is 172 Å². The van der Waals surface area contributed by atoms with Gasteiger partial charge in [-0.05, 0) is 40.2 Å². The summed E-state index contributed by atoms with van der Waals surface area (Å²) in [4.78, 5) is 44.4. The highest BCUT2D eigenvalue weighted by molar-refractivity contribution is 5.95. The van der Waals surface area contributed by atoms with E-state index in [1.807, 2.05) is 6.92 Å². The zero-order valence-corrected chi connectivity index (χ0v) is 20.9. The van der Waals surface area contributed by atoms with Gasteiger partial charge in [-0.25, -0.2) is 4.79 Å². The predicted molar refractivity (Wildman–Crippen MR) is 132 cm³/mol. The van der Waals surface area contributed by atoms with Gasteiger partial charge in [0.25, 0.3) is 5.69 Å². The Labute approximate surface area is 205 Å². The number of carbonyl (C=O) groups excluding carboxylic acids is 3. The Morgan fingerprint density at radius 3 is 2.34 bits per heavy atom. The fraction of sp³-hybridized carbons (Fsp3) is 0.522. The molecule has 12 nitrogen and oxygen atoms in total. The van der Waals surface area contributed by atoms with E-state index in [0.29, 0.717) is 6.42 Å². The Morgan fingerprint density at radius 1 is 1.20 bits per heavy atom. The van der Waals surface area contributed by atoms with Crippen LogP contribution >= 0.6 is 0 Å². The Hall–Kier alpha value is -3.67. The Balaban J connectivity index is 0.00000267. The number of primary amides is 1. The molecule has 1 rings (SSSR count). The van der Waals surface area contributed by atoms with E-state index in [9.17, 15) is 24.5 Å². The number of alkyl carbamates (subject to hydrolysis) is 1. The van der Waals surface area contributed by atoms with E-state index in [-0.39, 0.29) is 48.8 Å². The van der Waals surface area contributed by atoms with Crippen LogP contribution < -0.4 is 21.1 Å². The van der Waals surface area contributed by atoms with Crippen LogP contribution in [0.4, 0.5) is 16.2 Å². The number of ether oxygens (including phenoxy) is 3. The number of benzene rings is 1. The van der Waals surface area contributed by atoms with Crippen LogP contribution in [0.5, 0.6) is 5.75 Å². The van der Waals surface area contributed by atoms with Gasteiger partial charge < -0.3 is 35.4 Å². The molecule has 1 aromatic carbocycles. The third-order valence-electron chi connectivity index (χ3n) is 3.90. The molecule has 12 heteroatoms. The van der Waals surface area contributed by atoms with Gasteiger partial charge in [0, 0.05) is 44.9 Å². The molecule has 0 saturated carbocycles. The second kappa shape index (κ2) is 16.9. The molecule has 0 aliphatic heterocycles. The molecular formula is C23H36N4O8. The van der Waals surface area contributed by atoms with Gasteiger partial charge in [-0.15, -0.1) is 0 Å².